The van der Waals surface area contributed by atoms with Crippen LogP contribution < -0.4 is 20.5 Å². The highest BCUT2D eigenvalue weighted by atomic mass is 32.2. The molecule has 0 radical (unpaired) electrons. The largest absolute Gasteiger partial charge is 0.493 e. The quantitative estimate of drug-likeness (QED) is 0.352. The van der Waals surface area contributed by atoms with Gasteiger partial charge in [0, 0.05) is 24.0 Å². The fourth-order valence-corrected chi connectivity index (χ4v) is 5.00. The molecule has 2 heterocycles. The van der Waals surface area contributed by atoms with Crippen LogP contribution in [0, 0.1) is 0 Å². The van der Waals surface area contributed by atoms with Crippen molar-refractivity contribution in [3.05, 3.63) is 75.6 Å². The van der Waals surface area contributed by atoms with Gasteiger partial charge in [-0.2, -0.15) is 4.98 Å². The van der Waals surface area contributed by atoms with E-state index < -0.39 is 0 Å². The Balaban J connectivity index is 1.34. The first-order valence-electron chi connectivity index (χ1n) is 11.2. The van der Waals surface area contributed by atoms with E-state index in [2.05, 4.69) is 15.3 Å². The number of carbonyl (C=O) groups excluding carboxylic acids is 1. The molecule has 1 aromatic carbocycles. The van der Waals surface area contributed by atoms with Gasteiger partial charge in [0.2, 0.25) is 5.91 Å². The van der Waals surface area contributed by atoms with E-state index in [1.54, 1.807) is 25.0 Å². The lowest BCUT2D eigenvalue weighted by Crippen LogP contribution is -2.29. The molecule has 34 heavy (non-hydrogen) atoms. The van der Waals surface area contributed by atoms with Crippen LogP contribution in [0.4, 0.5) is 0 Å². The maximum absolute atomic E-state index is 12.8. The highest BCUT2D eigenvalue weighted by Gasteiger charge is 2.22. The Hall–Kier alpha value is -3.33. The predicted octanol–water partition coefficient (Wildman–Crippen LogP) is 2.64. The van der Waals surface area contributed by atoms with Gasteiger partial charge in [0.25, 0.3) is 0 Å². The summed E-state index contributed by atoms with van der Waals surface area (Å²) in [5.41, 5.74) is 3.68. The van der Waals surface area contributed by atoms with Crippen LogP contribution in [0.1, 0.15) is 28.9 Å². The number of hydrogen-bond acceptors (Lipinski definition) is 7. The molecule has 0 bridgehead atoms. The van der Waals surface area contributed by atoms with Crippen molar-refractivity contribution in [1.29, 1.82) is 0 Å². The molecule has 8 nitrogen and oxygen atoms in total. The third kappa shape index (κ3) is 5.59. The Morgan fingerprint density at radius 2 is 2.00 bits per heavy atom. The molecule has 3 aromatic rings. The summed E-state index contributed by atoms with van der Waals surface area (Å²) >= 11 is 1.33. The number of benzene rings is 1. The number of amides is 1. The number of ether oxygens (including phenoxy) is 2. The molecule has 0 fully saturated rings. The maximum atomic E-state index is 12.8. The molecule has 4 rings (SSSR count). The molecule has 1 aliphatic rings. The van der Waals surface area contributed by atoms with Gasteiger partial charge in [0.15, 0.2) is 11.5 Å². The first kappa shape index (κ1) is 23.8. The highest BCUT2D eigenvalue weighted by molar-refractivity contribution is 7.99. The van der Waals surface area contributed by atoms with Gasteiger partial charge in [-0.1, -0.05) is 23.9 Å². The number of carbonyl (C=O) groups is 1. The van der Waals surface area contributed by atoms with E-state index in [1.807, 2.05) is 36.4 Å². The summed E-state index contributed by atoms with van der Waals surface area (Å²) in [5.74, 6) is 1.47. The molecular formula is C25H28N4O4S. The number of rotatable bonds is 10. The average molecular weight is 481 g/mol. The fraction of sp³-hybridized carbons (Fsp3) is 0.360. The normalized spacial score (nSPS) is 12.3. The average Bonchev–Trinajstić information content (AvgIpc) is 3.35. The van der Waals surface area contributed by atoms with Crippen molar-refractivity contribution in [1.82, 2.24) is 19.9 Å². The first-order chi connectivity index (χ1) is 16.6. The molecule has 0 saturated heterocycles. The Labute approximate surface area is 202 Å². The molecule has 0 saturated carbocycles. The predicted molar refractivity (Wildman–Crippen MR) is 131 cm³/mol. The fourth-order valence-electron chi connectivity index (χ4n) is 4.09. The van der Waals surface area contributed by atoms with Crippen LogP contribution in [0.15, 0.2) is 52.4 Å². The molecule has 1 N–H and O–H groups in total. The zero-order valence-corrected chi connectivity index (χ0v) is 20.2. The van der Waals surface area contributed by atoms with Crippen LogP contribution in [-0.2, 0) is 30.6 Å². The van der Waals surface area contributed by atoms with Crippen LogP contribution in [0.3, 0.4) is 0 Å². The van der Waals surface area contributed by atoms with Gasteiger partial charge in [-0.05, 0) is 55.5 Å². The molecule has 0 spiro atoms. The Kier molecular flexibility index (Phi) is 7.84. The lowest BCUT2D eigenvalue weighted by Gasteiger charge is -2.14. The maximum Gasteiger partial charge on any atom is 0.349 e. The SMILES string of the molecule is COc1ccc(CCNC(=O)CSc2nc(=O)n(Cc3ccccn3)c3c2CCC3)cc1OC. The second kappa shape index (κ2) is 11.2. The topological polar surface area (TPSA) is 95.3 Å². The number of thioether (sulfide) groups is 1. The smallest absolute Gasteiger partial charge is 0.349 e. The van der Waals surface area contributed by atoms with Crippen LogP contribution >= 0.6 is 11.8 Å². The minimum absolute atomic E-state index is 0.0864. The Bertz CT molecular complexity index is 1210. The van der Waals surface area contributed by atoms with Crippen molar-refractivity contribution in [3.8, 4) is 11.5 Å². The monoisotopic (exact) mass is 480 g/mol. The Morgan fingerprint density at radius 1 is 1.15 bits per heavy atom. The van der Waals surface area contributed by atoms with Crippen LogP contribution in [0.25, 0.3) is 0 Å². The van der Waals surface area contributed by atoms with Gasteiger partial charge in [0.1, 0.15) is 5.03 Å². The van der Waals surface area contributed by atoms with Crippen molar-refractivity contribution >= 4 is 17.7 Å². The van der Waals surface area contributed by atoms with E-state index in [0.717, 1.165) is 41.8 Å². The second-order valence-corrected chi connectivity index (χ2v) is 8.93. The third-order valence-corrected chi connectivity index (χ3v) is 6.79. The zero-order valence-electron chi connectivity index (χ0n) is 19.4. The molecule has 9 heteroatoms. The van der Waals surface area contributed by atoms with Crippen LogP contribution in [0.2, 0.25) is 0 Å². The van der Waals surface area contributed by atoms with E-state index in [0.29, 0.717) is 36.0 Å². The first-order valence-corrected chi connectivity index (χ1v) is 12.2. The minimum Gasteiger partial charge on any atom is -0.493 e. The van der Waals surface area contributed by atoms with E-state index in [9.17, 15) is 9.59 Å². The van der Waals surface area contributed by atoms with Crippen molar-refractivity contribution in [2.75, 3.05) is 26.5 Å². The van der Waals surface area contributed by atoms with E-state index in [1.165, 1.54) is 11.8 Å². The molecule has 0 aliphatic heterocycles. The number of hydrogen-bond donors (Lipinski definition) is 1. The number of aromatic nitrogens is 3. The van der Waals surface area contributed by atoms with E-state index >= 15 is 0 Å². The summed E-state index contributed by atoms with van der Waals surface area (Å²) in [6.07, 6.45) is 5.09. The lowest BCUT2D eigenvalue weighted by molar-refractivity contribution is -0.118. The number of nitrogens with one attached hydrogen (secondary N) is 1. The van der Waals surface area contributed by atoms with Crippen LogP contribution in [0.5, 0.6) is 11.5 Å². The highest BCUT2D eigenvalue weighted by Crippen LogP contribution is 2.29. The summed E-state index contributed by atoms with van der Waals surface area (Å²) in [4.78, 5) is 33.8. The standard InChI is InChI=1S/C25H28N4O4S/c1-32-21-10-9-17(14-22(21)33-2)11-13-27-23(30)16-34-24-19-7-5-8-20(19)29(25(31)28-24)15-18-6-3-4-12-26-18/h3-4,6,9-10,12,14H,5,7-8,11,13,15-16H2,1-2H3,(H,27,30). The van der Waals surface area contributed by atoms with Gasteiger partial charge >= 0.3 is 5.69 Å². The van der Waals surface area contributed by atoms with Crippen LogP contribution in [-0.4, -0.2) is 47.0 Å². The molecule has 2 aromatic heterocycles. The lowest BCUT2D eigenvalue weighted by atomic mass is 10.1. The molecule has 0 unspecified atom stereocenters. The van der Waals surface area contributed by atoms with Gasteiger partial charge in [-0.3, -0.25) is 14.3 Å². The van der Waals surface area contributed by atoms with E-state index in [-0.39, 0.29) is 17.3 Å². The molecular weight excluding hydrogens is 452 g/mol. The number of pyridine rings is 1. The van der Waals surface area contributed by atoms with Gasteiger partial charge in [-0.25, -0.2) is 4.79 Å². The minimum atomic E-state index is -0.289. The van der Waals surface area contributed by atoms with Gasteiger partial charge in [0.05, 0.1) is 32.2 Å². The number of nitrogens with zero attached hydrogens (tertiary/aromatic N) is 3. The summed E-state index contributed by atoms with van der Waals surface area (Å²) < 4.78 is 12.3. The summed E-state index contributed by atoms with van der Waals surface area (Å²) in [6, 6.07) is 11.4. The van der Waals surface area contributed by atoms with Crippen molar-refractivity contribution in [3.63, 3.8) is 0 Å². The van der Waals surface area contributed by atoms with Gasteiger partial charge in [-0.15, -0.1) is 0 Å². The molecule has 0 atom stereocenters. The number of methoxy groups -OCH3 is 2. The number of fused-ring (bicyclic) bond motifs is 1. The van der Waals surface area contributed by atoms with Gasteiger partial charge < -0.3 is 14.8 Å². The zero-order chi connectivity index (χ0) is 23.9. The molecule has 1 aliphatic carbocycles. The van der Waals surface area contributed by atoms with Crippen molar-refractivity contribution in [2.45, 2.75) is 37.3 Å². The third-order valence-electron chi connectivity index (χ3n) is 5.77. The summed E-state index contributed by atoms with van der Waals surface area (Å²) in [6.45, 7) is 0.919. The van der Waals surface area contributed by atoms with Crippen molar-refractivity contribution in [2.24, 2.45) is 0 Å². The summed E-state index contributed by atoms with van der Waals surface area (Å²) in [7, 11) is 3.20. The van der Waals surface area contributed by atoms with Crippen molar-refractivity contribution < 1.29 is 14.3 Å². The second-order valence-electron chi connectivity index (χ2n) is 7.96. The summed E-state index contributed by atoms with van der Waals surface area (Å²) in [5, 5.41) is 3.61. The molecule has 1 amide bonds. The molecule has 178 valence electrons. The Morgan fingerprint density at radius 3 is 2.76 bits per heavy atom. The van der Waals surface area contributed by atoms with E-state index in [4.69, 9.17) is 9.47 Å².